The van der Waals surface area contributed by atoms with Crippen molar-refractivity contribution in [2.75, 3.05) is 33.2 Å². The summed E-state index contributed by atoms with van der Waals surface area (Å²) in [6, 6.07) is 15.3. The van der Waals surface area contributed by atoms with Gasteiger partial charge < -0.3 is 14.5 Å². The van der Waals surface area contributed by atoms with Gasteiger partial charge in [-0.25, -0.2) is 0 Å². The normalized spacial score (nSPS) is 20.0. The standard InChI is InChI=1S/C21H22N2O3/c1-22-9-11-23(12-10-22)19(24)14-15-7-8-18-17(13-15)20(21(25)26-18)16-5-3-2-4-6-16/h2-8,13,20H,9-12,14H2,1H3. The van der Waals surface area contributed by atoms with Gasteiger partial charge >= 0.3 is 5.97 Å². The van der Waals surface area contributed by atoms with Gasteiger partial charge in [0.15, 0.2) is 0 Å². The lowest BCUT2D eigenvalue weighted by molar-refractivity contribution is -0.133. The van der Waals surface area contributed by atoms with Gasteiger partial charge in [0, 0.05) is 31.7 Å². The first-order valence-electron chi connectivity index (χ1n) is 8.97. The summed E-state index contributed by atoms with van der Waals surface area (Å²) >= 11 is 0. The predicted octanol–water partition coefficient (Wildman–Crippen LogP) is 2.05. The van der Waals surface area contributed by atoms with Gasteiger partial charge in [-0.2, -0.15) is 0 Å². The first kappa shape index (κ1) is 16.8. The van der Waals surface area contributed by atoms with E-state index >= 15 is 0 Å². The van der Waals surface area contributed by atoms with Crippen LogP contribution >= 0.6 is 0 Å². The van der Waals surface area contributed by atoms with Gasteiger partial charge in [-0.1, -0.05) is 42.5 Å². The van der Waals surface area contributed by atoms with Crippen LogP contribution in [0.25, 0.3) is 0 Å². The van der Waals surface area contributed by atoms with Crippen molar-refractivity contribution in [2.24, 2.45) is 0 Å². The second kappa shape index (κ2) is 6.92. The van der Waals surface area contributed by atoms with E-state index in [1.807, 2.05) is 53.4 Å². The number of nitrogens with zero attached hydrogens (tertiary/aromatic N) is 2. The third-order valence-electron chi connectivity index (χ3n) is 5.18. The molecule has 1 fully saturated rings. The average molecular weight is 350 g/mol. The van der Waals surface area contributed by atoms with Crippen LogP contribution in [0.15, 0.2) is 48.5 Å². The molecule has 5 nitrogen and oxygen atoms in total. The van der Waals surface area contributed by atoms with Gasteiger partial charge in [0.2, 0.25) is 5.91 Å². The molecule has 0 saturated carbocycles. The minimum absolute atomic E-state index is 0.138. The molecule has 2 aromatic carbocycles. The summed E-state index contributed by atoms with van der Waals surface area (Å²) in [5, 5.41) is 0. The lowest BCUT2D eigenvalue weighted by Crippen LogP contribution is -2.47. The van der Waals surface area contributed by atoms with Crippen molar-refractivity contribution in [3.05, 3.63) is 65.2 Å². The number of likely N-dealkylation sites (N-methyl/N-ethyl adjacent to an activating group) is 1. The molecule has 0 N–H and O–H groups in total. The second-order valence-corrected chi connectivity index (χ2v) is 7.00. The molecule has 26 heavy (non-hydrogen) atoms. The molecular weight excluding hydrogens is 328 g/mol. The van der Waals surface area contributed by atoms with E-state index in [-0.39, 0.29) is 11.9 Å². The van der Waals surface area contributed by atoms with Gasteiger partial charge in [-0.15, -0.1) is 0 Å². The molecule has 2 aromatic rings. The van der Waals surface area contributed by atoms with Crippen molar-refractivity contribution in [3.63, 3.8) is 0 Å². The first-order chi connectivity index (χ1) is 12.6. The van der Waals surface area contributed by atoms with Gasteiger partial charge in [-0.3, -0.25) is 9.59 Å². The van der Waals surface area contributed by atoms with Gasteiger partial charge in [-0.05, 0) is 24.2 Å². The zero-order valence-corrected chi connectivity index (χ0v) is 14.9. The molecular formula is C21H22N2O3. The minimum atomic E-state index is -0.412. The molecule has 1 atom stereocenters. The molecule has 0 radical (unpaired) electrons. The number of ether oxygens (including phenoxy) is 1. The summed E-state index contributed by atoms with van der Waals surface area (Å²) in [5.74, 6) is 0.0674. The van der Waals surface area contributed by atoms with E-state index in [1.165, 1.54) is 0 Å². The quantitative estimate of drug-likeness (QED) is 0.628. The number of rotatable bonds is 3. The lowest BCUT2D eigenvalue weighted by atomic mass is 9.91. The van der Waals surface area contributed by atoms with Crippen LogP contribution in [0.1, 0.15) is 22.6 Å². The number of carbonyl (C=O) groups is 2. The third-order valence-corrected chi connectivity index (χ3v) is 5.18. The highest BCUT2D eigenvalue weighted by Crippen LogP contribution is 2.39. The zero-order chi connectivity index (χ0) is 18.1. The van der Waals surface area contributed by atoms with E-state index in [1.54, 1.807) is 0 Å². The summed E-state index contributed by atoms with van der Waals surface area (Å²) in [6.07, 6.45) is 0.354. The Balaban J connectivity index is 1.55. The van der Waals surface area contributed by atoms with Crippen LogP contribution in [0.2, 0.25) is 0 Å². The Morgan fingerprint density at radius 3 is 2.54 bits per heavy atom. The summed E-state index contributed by atoms with van der Waals surface area (Å²) < 4.78 is 5.42. The number of fused-ring (bicyclic) bond motifs is 1. The van der Waals surface area contributed by atoms with Crippen molar-refractivity contribution >= 4 is 11.9 Å². The van der Waals surface area contributed by atoms with Crippen molar-refractivity contribution in [1.82, 2.24) is 9.80 Å². The van der Waals surface area contributed by atoms with E-state index in [9.17, 15) is 9.59 Å². The minimum Gasteiger partial charge on any atom is -0.425 e. The molecule has 2 aliphatic heterocycles. The van der Waals surface area contributed by atoms with Crippen molar-refractivity contribution in [2.45, 2.75) is 12.3 Å². The Kier molecular flexibility index (Phi) is 4.47. The Morgan fingerprint density at radius 2 is 1.81 bits per heavy atom. The number of esters is 1. The summed E-state index contributed by atoms with van der Waals surface area (Å²) in [7, 11) is 2.07. The van der Waals surface area contributed by atoms with E-state index < -0.39 is 5.92 Å². The molecule has 5 heteroatoms. The van der Waals surface area contributed by atoms with Crippen LogP contribution in [0.3, 0.4) is 0 Å². The molecule has 2 aliphatic rings. The molecule has 0 aromatic heterocycles. The maximum atomic E-state index is 12.6. The fourth-order valence-electron chi connectivity index (χ4n) is 3.62. The van der Waals surface area contributed by atoms with Crippen LogP contribution in [0, 0.1) is 0 Å². The van der Waals surface area contributed by atoms with Crippen LogP contribution in [0.5, 0.6) is 5.75 Å². The number of hydrogen-bond acceptors (Lipinski definition) is 4. The molecule has 1 unspecified atom stereocenters. The van der Waals surface area contributed by atoms with E-state index in [2.05, 4.69) is 11.9 Å². The van der Waals surface area contributed by atoms with E-state index in [4.69, 9.17) is 4.74 Å². The Labute approximate surface area is 153 Å². The van der Waals surface area contributed by atoms with Crippen LogP contribution < -0.4 is 4.74 Å². The Bertz CT molecular complexity index is 826. The first-order valence-corrected chi connectivity index (χ1v) is 8.97. The van der Waals surface area contributed by atoms with Crippen molar-refractivity contribution in [3.8, 4) is 5.75 Å². The molecule has 1 saturated heterocycles. The van der Waals surface area contributed by atoms with Gasteiger partial charge in [0.05, 0.1) is 6.42 Å². The predicted molar refractivity (Wildman–Crippen MR) is 98.1 cm³/mol. The fraction of sp³-hybridized carbons (Fsp3) is 0.333. The summed E-state index contributed by atoms with van der Waals surface area (Å²) in [4.78, 5) is 29.1. The van der Waals surface area contributed by atoms with E-state index in [0.29, 0.717) is 12.2 Å². The largest absolute Gasteiger partial charge is 0.425 e. The lowest BCUT2D eigenvalue weighted by Gasteiger charge is -2.32. The average Bonchev–Trinajstić information content (AvgIpc) is 2.98. The van der Waals surface area contributed by atoms with Gasteiger partial charge in [0.1, 0.15) is 11.7 Å². The molecule has 4 rings (SSSR count). The summed E-state index contributed by atoms with van der Waals surface area (Å²) in [6.45, 7) is 3.37. The SMILES string of the molecule is CN1CCN(C(=O)Cc2ccc3c(c2)C(c2ccccc2)C(=O)O3)CC1. The van der Waals surface area contributed by atoms with Crippen molar-refractivity contribution in [1.29, 1.82) is 0 Å². The van der Waals surface area contributed by atoms with Gasteiger partial charge in [0.25, 0.3) is 0 Å². The highest BCUT2D eigenvalue weighted by Gasteiger charge is 2.34. The molecule has 0 aliphatic carbocycles. The molecule has 0 bridgehead atoms. The number of carbonyl (C=O) groups excluding carboxylic acids is 2. The second-order valence-electron chi connectivity index (χ2n) is 7.00. The molecule has 134 valence electrons. The molecule has 1 amide bonds. The van der Waals surface area contributed by atoms with Crippen LogP contribution in [0.4, 0.5) is 0 Å². The van der Waals surface area contributed by atoms with Crippen LogP contribution in [-0.2, 0) is 16.0 Å². The fourth-order valence-corrected chi connectivity index (χ4v) is 3.62. The monoisotopic (exact) mass is 350 g/mol. The van der Waals surface area contributed by atoms with E-state index in [0.717, 1.165) is 42.9 Å². The molecule has 2 heterocycles. The van der Waals surface area contributed by atoms with Crippen LogP contribution in [-0.4, -0.2) is 54.9 Å². The Morgan fingerprint density at radius 1 is 1.08 bits per heavy atom. The maximum absolute atomic E-state index is 12.6. The smallest absolute Gasteiger partial charge is 0.323 e. The topological polar surface area (TPSA) is 49.9 Å². The number of benzene rings is 2. The number of hydrogen-bond donors (Lipinski definition) is 0. The van der Waals surface area contributed by atoms with Crippen molar-refractivity contribution < 1.29 is 14.3 Å². The third kappa shape index (κ3) is 3.22. The molecule has 0 spiro atoms. The summed E-state index contributed by atoms with van der Waals surface area (Å²) in [5.41, 5.74) is 2.69. The highest BCUT2D eigenvalue weighted by atomic mass is 16.5. The highest BCUT2D eigenvalue weighted by molar-refractivity contribution is 5.89. The number of piperazine rings is 1. The maximum Gasteiger partial charge on any atom is 0.323 e. The Hall–Kier alpha value is -2.66. The zero-order valence-electron chi connectivity index (χ0n) is 14.9. The number of amides is 1.